The van der Waals surface area contributed by atoms with Crippen LogP contribution < -0.4 is 21.1 Å². The summed E-state index contributed by atoms with van der Waals surface area (Å²) >= 11 is 0. The normalized spacial score (nSPS) is 11.2. The van der Waals surface area contributed by atoms with Crippen molar-refractivity contribution >= 4 is 56.9 Å². The number of hydrogen-bond acceptors (Lipinski definition) is 8. The van der Waals surface area contributed by atoms with Crippen molar-refractivity contribution in [3.63, 3.8) is 0 Å². The molecule has 0 atom stereocenters. The Kier molecular flexibility index (Phi) is 8.52. The van der Waals surface area contributed by atoms with Crippen LogP contribution in [0.15, 0.2) is 77.8 Å². The van der Waals surface area contributed by atoms with Gasteiger partial charge in [0.15, 0.2) is 0 Å². The third-order valence-electron chi connectivity index (χ3n) is 6.22. The van der Waals surface area contributed by atoms with Gasteiger partial charge < -0.3 is 20.5 Å². The lowest BCUT2D eigenvalue weighted by Crippen LogP contribution is -2.14. The Morgan fingerprint density at radius 3 is 2.55 bits per heavy atom. The molecule has 0 unspecified atom stereocenters. The van der Waals surface area contributed by atoms with Gasteiger partial charge in [-0.15, -0.1) is 12.4 Å². The fourth-order valence-electron chi connectivity index (χ4n) is 4.15. The maximum Gasteiger partial charge on any atom is 0.238 e. The van der Waals surface area contributed by atoms with E-state index in [2.05, 4.69) is 30.9 Å². The van der Waals surface area contributed by atoms with Gasteiger partial charge in [-0.3, -0.25) is 0 Å². The Balaban J connectivity index is 0.00000370. The highest BCUT2D eigenvalue weighted by atomic mass is 35.5. The van der Waals surface area contributed by atoms with Gasteiger partial charge in [0.1, 0.15) is 11.6 Å². The number of fused-ring (bicyclic) bond motifs is 1. The van der Waals surface area contributed by atoms with Crippen molar-refractivity contribution in [1.82, 2.24) is 19.5 Å². The molecule has 0 aliphatic rings. The third-order valence-corrected chi connectivity index (χ3v) is 7.27. The second kappa shape index (κ2) is 11.9. The molecular formula is C27H28ClFN8O2S. The van der Waals surface area contributed by atoms with Crippen molar-refractivity contribution in [1.29, 1.82) is 0 Å². The van der Waals surface area contributed by atoms with Crippen LogP contribution in [0.25, 0.3) is 11.0 Å². The Hall–Kier alpha value is -4.26. The number of nitrogens with one attached hydrogen (secondary N) is 3. The van der Waals surface area contributed by atoms with Crippen LogP contribution in [0.3, 0.4) is 0 Å². The fraction of sp³-hybridized carbons (Fsp3) is 0.148. The van der Waals surface area contributed by atoms with Gasteiger partial charge in [0.25, 0.3) is 0 Å². The molecule has 0 fully saturated rings. The molecule has 2 aromatic heterocycles. The number of hydrogen-bond donors (Lipinski definition) is 4. The van der Waals surface area contributed by atoms with Crippen LogP contribution in [-0.4, -0.2) is 27.9 Å². The van der Waals surface area contributed by atoms with Crippen LogP contribution in [0.2, 0.25) is 0 Å². The molecule has 10 nitrogen and oxygen atoms in total. The summed E-state index contributed by atoms with van der Waals surface area (Å²) in [6.07, 6.45) is 1.60. The smallest absolute Gasteiger partial charge is 0.238 e. The van der Waals surface area contributed by atoms with Crippen LogP contribution in [0, 0.1) is 12.7 Å². The molecule has 0 amide bonds. The summed E-state index contributed by atoms with van der Waals surface area (Å²) < 4.78 is 39.5. The van der Waals surface area contributed by atoms with E-state index in [1.807, 2.05) is 29.8 Å². The molecule has 5 aromatic rings. The Morgan fingerprint density at radius 2 is 1.77 bits per heavy atom. The molecule has 0 spiro atoms. The van der Waals surface area contributed by atoms with Crippen molar-refractivity contribution in [3.05, 3.63) is 95.4 Å². The second-order valence-electron chi connectivity index (χ2n) is 9.03. The van der Waals surface area contributed by atoms with Gasteiger partial charge in [0.05, 0.1) is 15.9 Å². The van der Waals surface area contributed by atoms with E-state index in [1.165, 1.54) is 12.1 Å². The summed E-state index contributed by atoms with van der Waals surface area (Å²) in [5.74, 6) is 1.27. The average molecular weight is 583 g/mol. The second-order valence-corrected chi connectivity index (χ2v) is 10.6. The van der Waals surface area contributed by atoms with Gasteiger partial charge in [-0.2, -0.15) is 4.98 Å². The molecule has 0 aliphatic carbocycles. The van der Waals surface area contributed by atoms with Crippen molar-refractivity contribution in [3.8, 4) is 0 Å². The van der Waals surface area contributed by atoms with E-state index >= 15 is 0 Å². The summed E-state index contributed by atoms with van der Waals surface area (Å²) in [5, 5.41) is 14.8. The molecule has 3 aromatic carbocycles. The number of benzene rings is 3. The average Bonchev–Trinajstić information content (AvgIpc) is 3.22. The number of anilines is 4. The highest BCUT2D eigenvalue weighted by Gasteiger charge is 2.13. The standard InChI is InChI=1S/C27H27FN8O2S.ClH/c1-17-7-9-20(14-24(17)39(29,37)38)33-26-30-12-11-25(35-26)31-15-18-8-10-23-22(13-18)34-27(36(23)2)32-16-19-5-3-4-6-21(19)28;/h3-14H,15-16H2,1-2H3,(H,32,34)(H2,29,37,38)(H2,30,31,33,35);1H. The zero-order chi connectivity index (χ0) is 27.6. The number of imidazole rings is 1. The highest BCUT2D eigenvalue weighted by Crippen LogP contribution is 2.23. The monoisotopic (exact) mass is 582 g/mol. The number of rotatable bonds is 9. The number of nitrogens with two attached hydrogens (primary N) is 1. The molecule has 40 heavy (non-hydrogen) atoms. The predicted octanol–water partition coefficient (Wildman–Crippen LogP) is 4.85. The van der Waals surface area contributed by atoms with Gasteiger partial charge in [-0.1, -0.05) is 30.3 Å². The van der Waals surface area contributed by atoms with Gasteiger partial charge in [0, 0.05) is 37.6 Å². The number of halogens is 2. The number of nitrogens with zero attached hydrogens (tertiary/aromatic N) is 4. The summed E-state index contributed by atoms with van der Waals surface area (Å²) in [7, 11) is -1.94. The largest absolute Gasteiger partial charge is 0.366 e. The Morgan fingerprint density at radius 1 is 0.975 bits per heavy atom. The molecule has 0 bridgehead atoms. The van der Waals surface area contributed by atoms with Crippen LogP contribution in [0.1, 0.15) is 16.7 Å². The van der Waals surface area contributed by atoms with Crippen LogP contribution >= 0.6 is 12.4 Å². The lowest BCUT2D eigenvalue weighted by Gasteiger charge is -2.10. The summed E-state index contributed by atoms with van der Waals surface area (Å²) in [4.78, 5) is 13.4. The minimum atomic E-state index is -3.85. The molecule has 13 heteroatoms. The van der Waals surface area contributed by atoms with E-state index in [-0.39, 0.29) is 23.1 Å². The highest BCUT2D eigenvalue weighted by molar-refractivity contribution is 7.89. The maximum atomic E-state index is 14.0. The predicted molar refractivity (Wildman–Crippen MR) is 157 cm³/mol. The molecule has 0 saturated heterocycles. The molecule has 0 radical (unpaired) electrons. The molecular weight excluding hydrogens is 555 g/mol. The SMILES string of the molecule is Cc1ccc(Nc2nccc(NCc3ccc4c(c3)nc(NCc3ccccc3F)n4C)n2)cc1S(N)(=O)=O.Cl. The first-order chi connectivity index (χ1) is 18.7. The van der Waals surface area contributed by atoms with E-state index in [4.69, 9.17) is 5.14 Å². The topological polar surface area (TPSA) is 140 Å². The van der Waals surface area contributed by atoms with E-state index < -0.39 is 10.0 Å². The van der Waals surface area contributed by atoms with E-state index in [0.717, 1.165) is 16.6 Å². The van der Waals surface area contributed by atoms with Gasteiger partial charge in [-0.25, -0.2) is 27.9 Å². The number of primary sulfonamides is 1. The van der Waals surface area contributed by atoms with Crippen molar-refractivity contribution in [2.45, 2.75) is 24.9 Å². The zero-order valence-electron chi connectivity index (χ0n) is 21.7. The van der Waals surface area contributed by atoms with Crippen molar-refractivity contribution in [2.24, 2.45) is 12.2 Å². The number of aryl methyl sites for hydroxylation is 2. The summed E-state index contributed by atoms with van der Waals surface area (Å²) in [5.41, 5.74) is 4.37. The molecule has 0 saturated carbocycles. The van der Waals surface area contributed by atoms with E-state index in [0.29, 0.717) is 47.6 Å². The zero-order valence-corrected chi connectivity index (χ0v) is 23.4. The summed E-state index contributed by atoms with van der Waals surface area (Å²) in [6.45, 7) is 2.49. The molecule has 5 rings (SSSR count). The van der Waals surface area contributed by atoms with Crippen LogP contribution in [0.4, 0.5) is 27.8 Å². The van der Waals surface area contributed by atoms with E-state index in [1.54, 1.807) is 49.5 Å². The minimum Gasteiger partial charge on any atom is -0.366 e. The first kappa shape index (κ1) is 28.7. The molecule has 2 heterocycles. The molecule has 5 N–H and O–H groups in total. The summed E-state index contributed by atoms with van der Waals surface area (Å²) in [6, 6.07) is 19.2. The van der Waals surface area contributed by atoms with Gasteiger partial charge in [-0.05, 0) is 54.4 Å². The Labute approximate surface area is 237 Å². The van der Waals surface area contributed by atoms with Crippen LogP contribution in [0.5, 0.6) is 0 Å². The van der Waals surface area contributed by atoms with Gasteiger partial charge >= 0.3 is 0 Å². The Bertz CT molecular complexity index is 1780. The lowest BCUT2D eigenvalue weighted by molar-refractivity contribution is 0.597. The minimum absolute atomic E-state index is 0. The maximum absolute atomic E-state index is 14.0. The number of aromatic nitrogens is 4. The third kappa shape index (κ3) is 6.47. The fourth-order valence-corrected chi connectivity index (χ4v) is 4.96. The van der Waals surface area contributed by atoms with Crippen molar-refractivity contribution in [2.75, 3.05) is 16.0 Å². The lowest BCUT2D eigenvalue weighted by atomic mass is 10.2. The quantitative estimate of drug-likeness (QED) is 0.193. The van der Waals surface area contributed by atoms with Crippen molar-refractivity contribution < 1.29 is 12.8 Å². The van der Waals surface area contributed by atoms with E-state index in [9.17, 15) is 12.8 Å². The first-order valence-electron chi connectivity index (χ1n) is 12.1. The molecule has 0 aliphatic heterocycles. The number of sulfonamides is 1. The van der Waals surface area contributed by atoms with Gasteiger partial charge in [0.2, 0.25) is 21.9 Å². The first-order valence-corrected chi connectivity index (χ1v) is 13.6. The molecule has 208 valence electrons. The van der Waals surface area contributed by atoms with Crippen LogP contribution in [-0.2, 0) is 30.2 Å².